The van der Waals surface area contributed by atoms with Crippen molar-refractivity contribution in [2.45, 2.75) is 12.6 Å². The summed E-state index contributed by atoms with van der Waals surface area (Å²) in [6, 6.07) is 15.4. The summed E-state index contributed by atoms with van der Waals surface area (Å²) in [5.74, 6) is 0.398. The Balaban J connectivity index is 1.19. The zero-order valence-corrected chi connectivity index (χ0v) is 18.1. The van der Waals surface area contributed by atoms with Gasteiger partial charge in [0.05, 0.1) is 12.2 Å². The molecule has 0 spiro atoms. The zero-order valence-electron chi connectivity index (χ0n) is 18.1. The van der Waals surface area contributed by atoms with E-state index in [-0.39, 0.29) is 11.4 Å². The van der Waals surface area contributed by atoms with Gasteiger partial charge in [0.2, 0.25) is 0 Å². The number of anilines is 2. The van der Waals surface area contributed by atoms with E-state index in [1.165, 1.54) is 18.2 Å². The van der Waals surface area contributed by atoms with Gasteiger partial charge in [-0.3, -0.25) is 4.90 Å². The third-order valence-electron chi connectivity index (χ3n) is 6.06. The summed E-state index contributed by atoms with van der Waals surface area (Å²) < 4.78 is 19.0. The summed E-state index contributed by atoms with van der Waals surface area (Å²) in [6.45, 7) is 3.13. The molecule has 4 aromatic rings. The Kier molecular flexibility index (Phi) is 5.93. The number of aliphatic hydroxyl groups excluding tert-OH is 1. The van der Waals surface area contributed by atoms with Crippen molar-refractivity contribution in [2.24, 2.45) is 0 Å². The molecule has 5 rings (SSSR count). The first-order valence-electron chi connectivity index (χ1n) is 11.1. The highest BCUT2D eigenvalue weighted by Crippen LogP contribution is 2.27. The molecule has 1 aliphatic rings. The fourth-order valence-corrected chi connectivity index (χ4v) is 4.40. The molecule has 170 valence electrons. The van der Waals surface area contributed by atoms with Crippen molar-refractivity contribution in [2.75, 3.05) is 42.9 Å². The van der Waals surface area contributed by atoms with E-state index in [0.29, 0.717) is 44.1 Å². The van der Waals surface area contributed by atoms with E-state index in [0.717, 1.165) is 28.3 Å². The van der Waals surface area contributed by atoms with Crippen LogP contribution in [0.3, 0.4) is 0 Å². The van der Waals surface area contributed by atoms with E-state index in [4.69, 9.17) is 4.42 Å². The zero-order chi connectivity index (χ0) is 22.8. The third-order valence-corrected chi connectivity index (χ3v) is 6.06. The van der Waals surface area contributed by atoms with E-state index in [1.54, 1.807) is 18.3 Å². The lowest BCUT2D eigenvalue weighted by atomic mass is 10.1. The van der Waals surface area contributed by atoms with E-state index in [9.17, 15) is 14.3 Å². The van der Waals surface area contributed by atoms with Crippen LogP contribution in [0, 0.1) is 5.82 Å². The second kappa shape index (κ2) is 9.17. The minimum Gasteiger partial charge on any atom is -0.423 e. The number of piperazine rings is 1. The fourth-order valence-electron chi connectivity index (χ4n) is 4.40. The summed E-state index contributed by atoms with van der Waals surface area (Å²) in [7, 11) is 0. The van der Waals surface area contributed by atoms with E-state index in [1.807, 2.05) is 34.1 Å². The lowest BCUT2D eigenvalue weighted by Crippen LogP contribution is -2.53. The van der Waals surface area contributed by atoms with Crippen LogP contribution in [0.15, 0.2) is 70.0 Å². The number of pyridine rings is 1. The maximum atomic E-state index is 13.8. The van der Waals surface area contributed by atoms with Crippen LogP contribution < -0.4 is 15.8 Å². The average Bonchev–Trinajstić information content (AvgIpc) is 2.82. The van der Waals surface area contributed by atoms with Crippen LogP contribution in [-0.2, 0) is 0 Å². The highest BCUT2D eigenvalue weighted by molar-refractivity contribution is 5.92. The molecule has 0 radical (unpaired) electrons. The molecule has 3 heterocycles. The van der Waals surface area contributed by atoms with Gasteiger partial charge in [-0.15, -0.1) is 0 Å². The van der Waals surface area contributed by atoms with Crippen LogP contribution in [0.25, 0.3) is 21.7 Å². The van der Waals surface area contributed by atoms with Crippen molar-refractivity contribution in [1.82, 2.24) is 9.88 Å². The number of nitrogens with one attached hydrogen (secondary N) is 1. The number of fused-ring (bicyclic) bond motifs is 2. The number of halogens is 1. The SMILES string of the molecule is O=c1cc(NCCCN2CCN(c3nccc4ccc(F)cc34)CC2O)c2ccccc2o1. The van der Waals surface area contributed by atoms with Crippen LogP contribution in [0.1, 0.15) is 6.42 Å². The van der Waals surface area contributed by atoms with Gasteiger partial charge >= 0.3 is 5.63 Å². The highest BCUT2D eigenvalue weighted by Gasteiger charge is 2.26. The number of aliphatic hydroxyl groups is 1. The Labute approximate surface area is 190 Å². The Morgan fingerprint density at radius 2 is 2.00 bits per heavy atom. The van der Waals surface area contributed by atoms with Crippen molar-refractivity contribution in [3.05, 3.63) is 77.0 Å². The van der Waals surface area contributed by atoms with Crippen molar-refractivity contribution < 1.29 is 13.9 Å². The molecule has 1 atom stereocenters. The van der Waals surface area contributed by atoms with Crippen LogP contribution in [0.5, 0.6) is 0 Å². The Bertz CT molecular complexity index is 1340. The molecule has 2 N–H and O–H groups in total. The van der Waals surface area contributed by atoms with Crippen LogP contribution in [0.4, 0.5) is 15.9 Å². The highest BCUT2D eigenvalue weighted by atomic mass is 19.1. The summed E-state index contributed by atoms with van der Waals surface area (Å²) in [4.78, 5) is 20.3. The van der Waals surface area contributed by atoms with Crippen LogP contribution >= 0.6 is 0 Å². The molecule has 8 heteroatoms. The van der Waals surface area contributed by atoms with Crippen molar-refractivity contribution in [3.8, 4) is 0 Å². The van der Waals surface area contributed by atoms with Gasteiger partial charge in [-0.25, -0.2) is 14.2 Å². The topological polar surface area (TPSA) is 81.8 Å². The van der Waals surface area contributed by atoms with Gasteiger partial charge in [-0.1, -0.05) is 18.2 Å². The second-order valence-corrected chi connectivity index (χ2v) is 8.22. The van der Waals surface area contributed by atoms with E-state index in [2.05, 4.69) is 10.3 Å². The van der Waals surface area contributed by atoms with Crippen LogP contribution in [-0.4, -0.2) is 53.9 Å². The maximum absolute atomic E-state index is 13.8. The number of benzene rings is 2. The van der Waals surface area contributed by atoms with E-state index >= 15 is 0 Å². The minimum absolute atomic E-state index is 0.299. The lowest BCUT2D eigenvalue weighted by molar-refractivity contribution is -0.00351. The van der Waals surface area contributed by atoms with Gasteiger partial charge in [0, 0.05) is 49.2 Å². The molecular weight excluding hydrogens is 423 g/mol. The summed E-state index contributed by atoms with van der Waals surface area (Å²) in [5, 5.41) is 16.6. The van der Waals surface area contributed by atoms with Gasteiger partial charge < -0.3 is 19.7 Å². The van der Waals surface area contributed by atoms with Crippen molar-refractivity contribution in [3.63, 3.8) is 0 Å². The molecule has 1 aliphatic heterocycles. The smallest absolute Gasteiger partial charge is 0.338 e. The molecule has 1 saturated heterocycles. The molecular formula is C25H25FN4O3. The normalized spacial score (nSPS) is 17.0. The predicted molar refractivity (Wildman–Crippen MR) is 127 cm³/mol. The molecule has 7 nitrogen and oxygen atoms in total. The number of aromatic nitrogens is 1. The quantitative estimate of drug-likeness (QED) is 0.346. The molecule has 1 unspecified atom stereocenters. The first-order chi connectivity index (χ1) is 16.1. The largest absolute Gasteiger partial charge is 0.423 e. The standard InChI is InChI=1S/C25H25FN4O3/c26-18-7-6-17-8-10-28-25(20(17)14-18)30-13-12-29(23(31)16-30)11-3-9-27-21-15-24(32)33-22-5-2-1-4-19(21)22/h1-2,4-8,10,14-15,23,27,31H,3,9,11-13,16H2. The summed E-state index contributed by atoms with van der Waals surface area (Å²) in [6.07, 6.45) is 1.87. The molecule has 2 aromatic heterocycles. The Hall–Kier alpha value is -3.49. The maximum Gasteiger partial charge on any atom is 0.338 e. The Morgan fingerprint density at radius 1 is 1.12 bits per heavy atom. The third kappa shape index (κ3) is 4.53. The number of nitrogens with zero attached hydrogens (tertiary/aromatic N) is 3. The number of para-hydroxylation sites is 1. The number of hydrogen-bond acceptors (Lipinski definition) is 7. The second-order valence-electron chi connectivity index (χ2n) is 8.22. The number of hydrogen-bond donors (Lipinski definition) is 2. The Morgan fingerprint density at radius 3 is 2.88 bits per heavy atom. The van der Waals surface area contributed by atoms with Gasteiger partial charge in [0.25, 0.3) is 0 Å². The molecule has 2 aromatic carbocycles. The van der Waals surface area contributed by atoms with E-state index < -0.39 is 6.23 Å². The molecule has 1 fully saturated rings. The molecule has 0 bridgehead atoms. The first kappa shape index (κ1) is 21.4. The minimum atomic E-state index is -0.644. The molecule has 0 amide bonds. The summed E-state index contributed by atoms with van der Waals surface area (Å²) in [5.41, 5.74) is 0.923. The first-order valence-corrected chi connectivity index (χ1v) is 11.1. The molecule has 0 aliphatic carbocycles. The summed E-state index contributed by atoms with van der Waals surface area (Å²) >= 11 is 0. The number of rotatable bonds is 6. The lowest BCUT2D eigenvalue weighted by Gasteiger charge is -2.39. The van der Waals surface area contributed by atoms with Crippen molar-refractivity contribution in [1.29, 1.82) is 0 Å². The van der Waals surface area contributed by atoms with Gasteiger partial charge in [-0.05, 0) is 42.1 Å². The number of β-amino-alcohol motifs (C(OH)–C–C–N with tert-alkyl or cyclic N) is 1. The predicted octanol–water partition coefficient (Wildman–Crippen LogP) is 3.42. The fraction of sp³-hybridized carbons (Fsp3) is 0.280. The molecule has 0 saturated carbocycles. The van der Waals surface area contributed by atoms with Gasteiger partial charge in [0.15, 0.2) is 0 Å². The molecule has 33 heavy (non-hydrogen) atoms. The average molecular weight is 448 g/mol. The van der Waals surface area contributed by atoms with Gasteiger partial charge in [-0.2, -0.15) is 0 Å². The monoisotopic (exact) mass is 448 g/mol. The van der Waals surface area contributed by atoms with Gasteiger partial charge in [0.1, 0.15) is 23.4 Å². The van der Waals surface area contributed by atoms with Crippen molar-refractivity contribution >= 4 is 33.2 Å². The van der Waals surface area contributed by atoms with Crippen LogP contribution in [0.2, 0.25) is 0 Å².